The lowest BCUT2D eigenvalue weighted by molar-refractivity contribution is 0.00578. The number of hydrogen-bond acceptors (Lipinski definition) is 7. The highest BCUT2D eigenvalue weighted by Gasteiger charge is 2.52. The van der Waals surface area contributed by atoms with E-state index >= 15 is 0 Å². The lowest BCUT2D eigenvalue weighted by Gasteiger charge is -2.32. The van der Waals surface area contributed by atoms with Crippen LogP contribution in [0.2, 0.25) is 0 Å². The van der Waals surface area contributed by atoms with E-state index in [2.05, 4.69) is 10.3 Å². The quantitative estimate of drug-likeness (QED) is 0.540. The number of ether oxygens (including phenoxy) is 2. The number of hydrogen-bond donors (Lipinski definition) is 1. The van der Waals surface area contributed by atoms with Crippen LogP contribution >= 0.6 is 0 Å². The summed E-state index contributed by atoms with van der Waals surface area (Å²) >= 11 is 0. The average molecular weight is 432 g/mol. The lowest BCUT2D eigenvalue weighted by atomic mass is 9.77. The van der Waals surface area contributed by atoms with Gasteiger partial charge >= 0.3 is 19.2 Å². The minimum absolute atomic E-state index is 0.134. The fraction of sp³-hybridized carbons (Fsp3) is 0.591. The number of rotatable bonds is 6. The predicted octanol–water partition coefficient (Wildman–Crippen LogP) is 3.80. The number of carbonyl (C=O) groups is 2. The van der Waals surface area contributed by atoms with E-state index in [1.807, 2.05) is 27.7 Å². The Hall–Kier alpha value is -2.39. The molecule has 8 nitrogen and oxygen atoms in total. The molecule has 1 N–H and O–H groups in total. The van der Waals surface area contributed by atoms with Gasteiger partial charge < -0.3 is 24.1 Å². The summed E-state index contributed by atoms with van der Waals surface area (Å²) in [7, 11) is -0.689. The Balaban J connectivity index is 2.31. The summed E-state index contributed by atoms with van der Waals surface area (Å²) in [6, 6.07) is 1.67. The largest absolute Gasteiger partial charge is 0.492 e. The first-order valence-corrected chi connectivity index (χ1v) is 10.4. The number of aromatic nitrogens is 1. The number of esters is 1. The third-order valence-electron chi connectivity index (χ3n) is 5.01. The summed E-state index contributed by atoms with van der Waals surface area (Å²) < 4.78 is 22.7. The van der Waals surface area contributed by atoms with Gasteiger partial charge in [-0.3, -0.25) is 4.98 Å². The third-order valence-corrected chi connectivity index (χ3v) is 5.01. The molecule has 31 heavy (non-hydrogen) atoms. The Labute approximate surface area is 184 Å². The fourth-order valence-corrected chi connectivity index (χ4v) is 2.76. The molecule has 0 atom stereocenters. The van der Waals surface area contributed by atoms with Crippen molar-refractivity contribution in [1.82, 2.24) is 10.3 Å². The number of carbonyl (C=O) groups excluding carboxylic acids is 2. The highest BCUT2D eigenvalue weighted by Crippen LogP contribution is 2.38. The average Bonchev–Trinajstić information content (AvgIpc) is 2.85. The summed E-state index contributed by atoms with van der Waals surface area (Å²) in [6.07, 6.45) is 4.30. The first kappa shape index (κ1) is 24.9. The van der Waals surface area contributed by atoms with E-state index in [0.29, 0.717) is 16.6 Å². The Bertz CT molecular complexity index is 829. The van der Waals surface area contributed by atoms with Crippen molar-refractivity contribution in [2.45, 2.75) is 72.2 Å². The predicted molar refractivity (Wildman–Crippen MR) is 118 cm³/mol. The molecule has 2 rings (SSSR count). The van der Waals surface area contributed by atoms with Gasteiger partial charge in [0.05, 0.1) is 23.4 Å². The highest BCUT2D eigenvalue weighted by molar-refractivity contribution is 6.56. The molecule has 170 valence electrons. The molecule has 1 saturated heterocycles. The van der Waals surface area contributed by atoms with Crippen LogP contribution in [-0.2, 0) is 18.8 Å². The first-order chi connectivity index (χ1) is 14.2. The summed E-state index contributed by atoms with van der Waals surface area (Å²) in [5, 5.41) is 2.75. The maximum Gasteiger partial charge on any atom is 0.492 e. The van der Waals surface area contributed by atoms with Gasteiger partial charge in [-0.1, -0.05) is 6.08 Å². The standard InChI is InChI=1S/C22H33BN2O6/c1-9-28-18(26)16-10-15(12-24-13-16)11-17(14-25-19(27)29-20(2,3)4)23-30-21(5,6)22(7,8)31-23/h10-13H,9,14H2,1-8H3,(H,25,27). The maximum absolute atomic E-state index is 12.2. The van der Waals surface area contributed by atoms with Crippen molar-refractivity contribution >= 4 is 25.3 Å². The Kier molecular flexibility index (Phi) is 7.55. The van der Waals surface area contributed by atoms with Crippen LogP contribution in [0.3, 0.4) is 0 Å². The zero-order chi connectivity index (χ0) is 23.4. The van der Waals surface area contributed by atoms with E-state index in [1.54, 1.807) is 46.0 Å². The number of alkyl carbamates (subject to hydrolysis) is 1. The number of nitrogens with one attached hydrogen (secondary N) is 1. The van der Waals surface area contributed by atoms with Crippen LogP contribution in [0.1, 0.15) is 71.3 Å². The lowest BCUT2D eigenvalue weighted by Crippen LogP contribution is -2.41. The highest BCUT2D eigenvalue weighted by atomic mass is 16.7. The van der Waals surface area contributed by atoms with Gasteiger partial charge in [-0.15, -0.1) is 0 Å². The van der Waals surface area contributed by atoms with E-state index < -0.39 is 36.0 Å². The van der Waals surface area contributed by atoms with Gasteiger partial charge in [0.2, 0.25) is 0 Å². The van der Waals surface area contributed by atoms with Gasteiger partial charge in [-0.25, -0.2) is 9.59 Å². The number of pyridine rings is 1. The second kappa shape index (κ2) is 9.40. The minimum atomic E-state index is -0.689. The molecule has 1 amide bonds. The van der Waals surface area contributed by atoms with E-state index in [-0.39, 0.29) is 13.2 Å². The summed E-state index contributed by atoms with van der Waals surface area (Å²) in [4.78, 5) is 28.4. The second-order valence-corrected chi connectivity index (χ2v) is 9.39. The Morgan fingerprint density at radius 2 is 1.77 bits per heavy atom. The zero-order valence-electron chi connectivity index (χ0n) is 19.7. The minimum Gasteiger partial charge on any atom is -0.462 e. The van der Waals surface area contributed by atoms with Crippen molar-refractivity contribution in [3.8, 4) is 0 Å². The molecule has 0 radical (unpaired) electrons. The van der Waals surface area contributed by atoms with E-state index in [4.69, 9.17) is 18.8 Å². The molecule has 0 aliphatic carbocycles. The van der Waals surface area contributed by atoms with Crippen LogP contribution in [0.15, 0.2) is 23.9 Å². The van der Waals surface area contributed by atoms with Gasteiger partial charge in [0.1, 0.15) is 5.60 Å². The van der Waals surface area contributed by atoms with Crippen molar-refractivity contribution in [3.05, 3.63) is 35.1 Å². The molecule has 0 aromatic carbocycles. The van der Waals surface area contributed by atoms with E-state index in [9.17, 15) is 9.59 Å². The van der Waals surface area contributed by atoms with Crippen LogP contribution in [0.25, 0.3) is 6.08 Å². The molecule has 1 aliphatic heterocycles. The van der Waals surface area contributed by atoms with Crippen LogP contribution in [0.4, 0.5) is 4.79 Å². The fourth-order valence-electron chi connectivity index (χ4n) is 2.76. The SMILES string of the molecule is CCOC(=O)c1cncc(C=C(CNC(=O)OC(C)(C)C)B2OC(C)(C)C(C)(C)O2)c1. The van der Waals surface area contributed by atoms with Crippen molar-refractivity contribution in [2.24, 2.45) is 0 Å². The van der Waals surface area contributed by atoms with Crippen LogP contribution < -0.4 is 5.32 Å². The van der Waals surface area contributed by atoms with Crippen LogP contribution in [0.5, 0.6) is 0 Å². The van der Waals surface area contributed by atoms with Crippen LogP contribution in [-0.4, -0.2) is 54.1 Å². The smallest absolute Gasteiger partial charge is 0.462 e. The molecule has 0 spiro atoms. The molecule has 0 bridgehead atoms. The van der Waals surface area contributed by atoms with Crippen molar-refractivity contribution in [1.29, 1.82) is 0 Å². The number of amides is 1. The van der Waals surface area contributed by atoms with Crippen molar-refractivity contribution in [3.63, 3.8) is 0 Å². The molecule has 2 heterocycles. The Morgan fingerprint density at radius 3 is 2.32 bits per heavy atom. The molecule has 1 aliphatic rings. The topological polar surface area (TPSA) is 96.0 Å². The normalized spacial score (nSPS) is 17.9. The molecular weight excluding hydrogens is 399 g/mol. The zero-order valence-corrected chi connectivity index (χ0v) is 19.7. The van der Waals surface area contributed by atoms with Crippen molar-refractivity contribution < 1.29 is 28.4 Å². The summed E-state index contributed by atoms with van der Waals surface area (Å²) in [5.41, 5.74) is -0.0602. The van der Waals surface area contributed by atoms with Gasteiger partial charge in [0.25, 0.3) is 0 Å². The molecule has 0 unspecified atom stereocenters. The van der Waals surface area contributed by atoms with Crippen molar-refractivity contribution in [2.75, 3.05) is 13.2 Å². The molecule has 9 heteroatoms. The Morgan fingerprint density at radius 1 is 1.16 bits per heavy atom. The number of nitrogens with zero attached hydrogens (tertiary/aromatic N) is 1. The van der Waals surface area contributed by atoms with Gasteiger partial charge in [-0.05, 0) is 72.5 Å². The maximum atomic E-state index is 12.2. The summed E-state index contributed by atoms with van der Waals surface area (Å²) in [6.45, 7) is 15.4. The molecule has 1 aromatic rings. The third kappa shape index (κ3) is 6.80. The van der Waals surface area contributed by atoms with E-state index in [1.165, 1.54) is 6.20 Å². The van der Waals surface area contributed by atoms with Gasteiger partial charge in [0.15, 0.2) is 0 Å². The van der Waals surface area contributed by atoms with E-state index in [0.717, 1.165) is 0 Å². The van der Waals surface area contributed by atoms with Gasteiger partial charge in [-0.2, -0.15) is 0 Å². The molecule has 1 aromatic heterocycles. The monoisotopic (exact) mass is 432 g/mol. The summed E-state index contributed by atoms with van der Waals surface area (Å²) in [5.74, 6) is -0.450. The van der Waals surface area contributed by atoms with Crippen LogP contribution in [0, 0.1) is 0 Å². The molecular formula is C22H33BN2O6. The van der Waals surface area contributed by atoms with Gasteiger partial charge in [0, 0.05) is 18.9 Å². The molecule has 0 saturated carbocycles. The first-order valence-electron chi connectivity index (χ1n) is 10.4. The second-order valence-electron chi connectivity index (χ2n) is 9.39. The molecule has 1 fully saturated rings.